The molecule has 0 saturated carbocycles. The van der Waals surface area contributed by atoms with Crippen molar-refractivity contribution in [2.45, 2.75) is 6.42 Å². The van der Waals surface area contributed by atoms with Crippen molar-refractivity contribution in [1.82, 2.24) is 0 Å². The van der Waals surface area contributed by atoms with Crippen LogP contribution in [0.1, 0.15) is 16.8 Å². The average molecular weight is 302 g/mol. The minimum atomic E-state index is -3.08. The second-order valence-electron chi connectivity index (χ2n) is 4.43. The maximum atomic E-state index is 11.8. The van der Waals surface area contributed by atoms with Gasteiger partial charge in [0.1, 0.15) is 9.84 Å². The van der Waals surface area contributed by atoms with Crippen LogP contribution in [0, 0.1) is 0 Å². The van der Waals surface area contributed by atoms with Crippen LogP contribution in [-0.4, -0.2) is 38.7 Å². The van der Waals surface area contributed by atoms with E-state index in [1.54, 1.807) is 12.1 Å². The molecular weight excluding hydrogens is 290 g/mol. The van der Waals surface area contributed by atoms with Crippen LogP contribution in [0.4, 0.5) is 5.69 Å². The summed E-state index contributed by atoms with van der Waals surface area (Å²) in [4.78, 5) is 24.8. The van der Waals surface area contributed by atoms with Gasteiger partial charge >= 0.3 is 0 Å². The first-order valence-corrected chi connectivity index (χ1v) is 8.07. The van der Waals surface area contributed by atoms with Gasteiger partial charge in [0.2, 0.25) is 0 Å². The van der Waals surface area contributed by atoms with Gasteiger partial charge in [0.05, 0.1) is 17.0 Å². The topological polar surface area (TPSA) is 71.5 Å². The lowest BCUT2D eigenvalue weighted by molar-refractivity contribution is -0.114. The van der Waals surface area contributed by atoms with E-state index in [1.165, 1.54) is 11.0 Å². The highest BCUT2D eigenvalue weighted by atomic mass is 35.5. The summed E-state index contributed by atoms with van der Waals surface area (Å²) in [5.74, 6) is -1.24. The maximum absolute atomic E-state index is 11.8. The Kier molecular flexibility index (Phi) is 3.64. The summed E-state index contributed by atoms with van der Waals surface area (Å²) < 4.78 is 22.1. The van der Waals surface area contributed by atoms with Crippen LogP contribution in [0.2, 0.25) is 5.02 Å². The fourth-order valence-electron chi connectivity index (χ4n) is 1.97. The minimum absolute atomic E-state index is 0.0269. The predicted molar refractivity (Wildman–Crippen MR) is 72.5 cm³/mol. The SMILES string of the molecule is CS(=O)(=O)CCCN1C(=O)C(=O)c2ccc(Cl)cc21. The molecule has 1 aliphatic rings. The molecule has 19 heavy (non-hydrogen) atoms. The van der Waals surface area contributed by atoms with E-state index in [-0.39, 0.29) is 18.7 Å². The molecule has 0 spiro atoms. The molecule has 0 atom stereocenters. The number of Topliss-reactive ketones (excluding diaryl/α,β-unsaturated/α-hetero) is 1. The van der Waals surface area contributed by atoms with Gasteiger partial charge in [0.25, 0.3) is 11.7 Å². The predicted octanol–water partition coefficient (Wildman–Crippen LogP) is 1.30. The van der Waals surface area contributed by atoms with Crippen LogP contribution in [0.5, 0.6) is 0 Å². The molecule has 1 aromatic carbocycles. The van der Waals surface area contributed by atoms with Crippen molar-refractivity contribution in [1.29, 1.82) is 0 Å². The van der Waals surface area contributed by atoms with Crippen LogP contribution in [0.3, 0.4) is 0 Å². The fourth-order valence-corrected chi connectivity index (χ4v) is 2.79. The zero-order chi connectivity index (χ0) is 14.2. The largest absolute Gasteiger partial charge is 0.305 e. The van der Waals surface area contributed by atoms with Crippen molar-refractivity contribution in [3.8, 4) is 0 Å². The number of halogens is 1. The highest BCUT2D eigenvalue weighted by molar-refractivity contribution is 7.90. The van der Waals surface area contributed by atoms with E-state index < -0.39 is 21.5 Å². The Morgan fingerprint density at radius 2 is 1.95 bits per heavy atom. The number of amides is 1. The summed E-state index contributed by atoms with van der Waals surface area (Å²) in [5, 5.41) is 0.425. The van der Waals surface area contributed by atoms with Crippen LogP contribution in [-0.2, 0) is 14.6 Å². The molecule has 0 radical (unpaired) electrons. The highest BCUT2D eigenvalue weighted by Gasteiger charge is 2.35. The molecule has 1 aromatic rings. The van der Waals surface area contributed by atoms with Gasteiger partial charge in [0, 0.05) is 17.8 Å². The third-order valence-corrected chi connectivity index (χ3v) is 4.10. The monoisotopic (exact) mass is 301 g/mol. The lowest BCUT2D eigenvalue weighted by atomic mass is 10.1. The zero-order valence-corrected chi connectivity index (χ0v) is 11.8. The Morgan fingerprint density at radius 3 is 2.58 bits per heavy atom. The van der Waals surface area contributed by atoms with Crippen LogP contribution in [0.15, 0.2) is 18.2 Å². The van der Waals surface area contributed by atoms with Crippen molar-refractivity contribution >= 4 is 38.8 Å². The van der Waals surface area contributed by atoms with E-state index >= 15 is 0 Å². The summed E-state index contributed by atoms with van der Waals surface area (Å²) in [5.41, 5.74) is 0.768. The van der Waals surface area contributed by atoms with Crippen LogP contribution >= 0.6 is 11.6 Å². The fraction of sp³-hybridized carbons (Fsp3) is 0.333. The normalized spacial score (nSPS) is 14.9. The molecular formula is C12H12ClNO4S. The Hall–Kier alpha value is -1.40. The molecule has 0 unspecified atom stereocenters. The van der Waals surface area contributed by atoms with Gasteiger partial charge < -0.3 is 4.90 Å². The number of benzene rings is 1. The first-order chi connectivity index (χ1) is 8.79. The van der Waals surface area contributed by atoms with Gasteiger partial charge in [-0.05, 0) is 24.6 Å². The van der Waals surface area contributed by atoms with Crippen LogP contribution < -0.4 is 4.90 Å². The summed E-state index contributed by atoms with van der Waals surface area (Å²) in [6, 6.07) is 4.60. The summed E-state index contributed by atoms with van der Waals surface area (Å²) in [6.07, 6.45) is 1.42. The molecule has 1 amide bonds. The van der Waals surface area contributed by atoms with Crippen molar-refractivity contribution in [2.75, 3.05) is 23.5 Å². The van der Waals surface area contributed by atoms with Crippen LogP contribution in [0.25, 0.3) is 0 Å². The van der Waals surface area contributed by atoms with Gasteiger partial charge in [-0.15, -0.1) is 0 Å². The minimum Gasteiger partial charge on any atom is -0.305 e. The molecule has 5 nitrogen and oxygen atoms in total. The second kappa shape index (κ2) is 4.94. The van der Waals surface area contributed by atoms with E-state index in [9.17, 15) is 18.0 Å². The maximum Gasteiger partial charge on any atom is 0.299 e. The highest BCUT2D eigenvalue weighted by Crippen LogP contribution is 2.31. The molecule has 0 N–H and O–H groups in total. The molecule has 0 aliphatic carbocycles. The smallest absolute Gasteiger partial charge is 0.299 e. The second-order valence-corrected chi connectivity index (χ2v) is 7.13. The summed E-state index contributed by atoms with van der Waals surface area (Å²) in [7, 11) is -3.08. The number of ketones is 1. The Morgan fingerprint density at radius 1 is 1.26 bits per heavy atom. The molecule has 0 aromatic heterocycles. The van der Waals surface area contributed by atoms with Crippen molar-refractivity contribution in [3.05, 3.63) is 28.8 Å². The Bertz CT molecular complexity index is 654. The van der Waals surface area contributed by atoms with E-state index in [0.717, 1.165) is 6.26 Å². The lowest BCUT2D eigenvalue weighted by Crippen LogP contribution is -2.31. The summed E-state index contributed by atoms with van der Waals surface area (Å²) >= 11 is 5.85. The molecule has 0 saturated heterocycles. The number of anilines is 1. The van der Waals surface area contributed by atoms with Crippen molar-refractivity contribution in [3.63, 3.8) is 0 Å². The molecule has 2 rings (SSSR count). The van der Waals surface area contributed by atoms with Gasteiger partial charge in [-0.1, -0.05) is 11.6 Å². The van der Waals surface area contributed by atoms with Crippen molar-refractivity contribution in [2.24, 2.45) is 0 Å². The van der Waals surface area contributed by atoms with E-state index in [4.69, 9.17) is 11.6 Å². The van der Waals surface area contributed by atoms with E-state index in [1.807, 2.05) is 0 Å². The number of hydrogen-bond donors (Lipinski definition) is 0. The van der Waals surface area contributed by atoms with Gasteiger partial charge in [-0.2, -0.15) is 0 Å². The number of sulfone groups is 1. The van der Waals surface area contributed by atoms with E-state index in [0.29, 0.717) is 16.3 Å². The number of rotatable bonds is 4. The Balaban J connectivity index is 2.21. The molecule has 102 valence electrons. The third kappa shape index (κ3) is 2.96. The van der Waals surface area contributed by atoms with Crippen molar-refractivity contribution < 1.29 is 18.0 Å². The van der Waals surface area contributed by atoms with Gasteiger partial charge in [-0.25, -0.2) is 8.42 Å². The van der Waals surface area contributed by atoms with E-state index in [2.05, 4.69) is 0 Å². The number of fused-ring (bicyclic) bond motifs is 1. The molecule has 7 heteroatoms. The third-order valence-electron chi connectivity index (χ3n) is 2.83. The number of nitrogens with zero attached hydrogens (tertiary/aromatic N) is 1. The average Bonchev–Trinajstić information content (AvgIpc) is 2.52. The standard InChI is InChI=1S/C12H12ClNO4S/c1-19(17,18)6-2-5-14-10-7-8(13)3-4-9(10)11(15)12(14)16/h3-4,7H,2,5-6H2,1H3. The lowest BCUT2D eigenvalue weighted by Gasteiger charge is -2.16. The zero-order valence-electron chi connectivity index (χ0n) is 10.2. The van der Waals surface area contributed by atoms with Gasteiger partial charge in [-0.3, -0.25) is 9.59 Å². The quantitative estimate of drug-likeness (QED) is 0.786. The first-order valence-electron chi connectivity index (χ1n) is 5.63. The summed E-state index contributed by atoms with van der Waals surface area (Å²) in [6.45, 7) is 0.186. The molecule has 0 bridgehead atoms. The molecule has 1 heterocycles. The molecule has 1 aliphatic heterocycles. The first kappa shape index (κ1) is 14.0. The Labute approximate surface area is 116 Å². The van der Waals surface area contributed by atoms with Gasteiger partial charge in [0.15, 0.2) is 0 Å². The number of carbonyl (C=O) groups excluding carboxylic acids is 2. The number of carbonyl (C=O) groups is 2. The number of hydrogen-bond acceptors (Lipinski definition) is 4. The molecule has 0 fully saturated rings.